The van der Waals surface area contributed by atoms with Crippen LogP contribution in [0.3, 0.4) is 0 Å². The zero-order valence-corrected chi connectivity index (χ0v) is 12.3. The van der Waals surface area contributed by atoms with Crippen LogP contribution in [0.4, 0.5) is 0 Å². The van der Waals surface area contributed by atoms with E-state index in [9.17, 15) is 5.11 Å². The maximum atomic E-state index is 10.0. The maximum Gasteiger partial charge on any atom is 0.119 e. The molecular formula is C16H22N2O2. The lowest BCUT2D eigenvalue weighted by molar-refractivity contribution is 0.0887. The Morgan fingerprint density at radius 2 is 2.10 bits per heavy atom. The van der Waals surface area contributed by atoms with E-state index in [0.29, 0.717) is 6.54 Å². The number of aromatic nitrogens is 2. The monoisotopic (exact) mass is 274 g/mol. The van der Waals surface area contributed by atoms with Crippen molar-refractivity contribution in [2.24, 2.45) is 0 Å². The van der Waals surface area contributed by atoms with E-state index in [4.69, 9.17) is 4.74 Å². The molecule has 0 bridgehead atoms. The first-order valence-corrected chi connectivity index (χ1v) is 6.99. The van der Waals surface area contributed by atoms with Crippen LogP contribution in [0.2, 0.25) is 0 Å². The summed E-state index contributed by atoms with van der Waals surface area (Å²) in [5.41, 5.74) is 3.25. The Hall–Kier alpha value is -1.81. The fraction of sp³-hybridized carbons (Fsp3) is 0.438. The Morgan fingerprint density at radius 3 is 2.75 bits per heavy atom. The molecule has 0 saturated carbocycles. The Labute approximate surface area is 120 Å². The van der Waals surface area contributed by atoms with Crippen molar-refractivity contribution in [2.45, 2.75) is 39.8 Å². The third kappa shape index (κ3) is 3.84. The minimum Gasteiger partial charge on any atom is -0.491 e. The van der Waals surface area contributed by atoms with Crippen molar-refractivity contribution in [3.05, 3.63) is 47.3 Å². The number of hydrogen-bond acceptors (Lipinski definition) is 3. The first-order chi connectivity index (χ1) is 9.58. The van der Waals surface area contributed by atoms with Crippen molar-refractivity contribution < 1.29 is 9.84 Å². The van der Waals surface area contributed by atoms with Gasteiger partial charge in [-0.15, -0.1) is 0 Å². The molecule has 0 unspecified atom stereocenters. The highest BCUT2D eigenvalue weighted by Crippen LogP contribution is 2.14. The van der Waals surface area contributed by atoms with Gasteiger partial charge < -0.3 is 9.84 Å². The van der Waals surface area contributed by atoms with Gasteiger partial charge in [-0.3, -0.25) is 4.68 Å². The average molecular weight is 274 g/mol. The summed E-state index contributed by atoms with van der Waals surface area (Å²) in [6.07, 6.45) is 0.407. The molecule has 2 aromatic rings. The van der Waals surface area contributed by atoms with E-state index in [-0.39, 0.29) is 6.61 Å². The molecule has 0 aliphatic rings. The summed E-state index contributed by atoms with van der Waals surface area (Å²) < 4.78 is 7.45. The van der Waals surface area contributed by atoms with Crippen molar-refractivity contribution in [1.29, 1.82) is 0 Å². The van der Waals surface area contributed by atoms with E-state index in [2.05, 4.69) is 18.1 Å². The molecule has 4 nitrogen and oxygen atoms in total. The number of ether oxygens (including phenoxy) is 1. The van der Waals surface area contributed by atoms with Crippen LogP contribution in [-0.2, 0) is 13.0 Å². The molecule has 1 heterocycles. The fourth-order valence-corrected chi connectivity index (χ4v) is 2.16. The highest BCUT2D eigenvalue weighted by molar-refractivity contribution is 5.28. The summed E-state index contributed by atoms with van der Waals surface area (Å²) >= 11 is 0. The first kappa shape index (κ1) is 14.6. The van der Waals surface area contributed by atoms with Crippen LogP contribution in [0, 0.1) is 13.8 Å². The zero-order chi connectivity index (χ0) is 14.5. The molecule has 1 N–H and O–H groups in total. The van der Waals surface area contributed by atoms with E-state index in [1.165, 1.54) is 5.56 Å². The zero-order valence-electron chi connectivity index (χ0n) is 12.3. The molecule has 108 valence electrons. The summed E-state index contributed by atoms with van der Waals surface area (Å²) in [7, 11) is 0. The normalized spacial score (nSPS) is 12.4. The standard InChI is InChI=1S/C16H22N2O2/c1-4-14-6-5-7-16(9-14)20-11-15(19)10-18-13(3)8-12(2)17-18/h5-9,15,19H,4,10-11H2,1-3H3/t15-/m1/s1. The van der Waals surface area contributed by atoms with E-state index >= 15 is 0 Å². The summed E-state index contributed by atoms with van der Waals surface area (Å²) in [4.78, 5) is 0. The van der Waals surface area contributed by atoms with E-state index in [0.717, 1.165) is 23.6 Å². The van der Waals surface area contributed by atoms with Crippen LogP contribution in [-0.4, -0.2) is 27.6 Å². The molecule has 1 aromatic carbocycles. The van der Waals surface area contributed by atoms with Crippen LogP contribution in [0.5, 0.6) is 5.75 Å². The molecule has 0 spiro atoms. The number of hydrogen-bond donors (Lipinski definition) is 1. The Bertz CT molecular complexity index is 563. The molecule has 0 radical (unpaired) electrons. The highest BCUT2D eigenvalue weighted by Gasteiger charge is 2.09. The van der Waals surface area contributed by atoms with Gasteiger partial charge in [0.05, 0.1) is 12.2 Å². The van der Waals surface area contributed by atoms with E-state index in [1.54, 1.807) is 0 Å². The maximum absolute atomic E-state index is 10.0. The van der Waals surface area contributed by atoms with Crippen molar-refractivity contribution in [2.75, 3.05) is 6.61 Å². The van der Waals surface area contributed by atoms with Gasteiger partial charge >= 0.3 is 0 Å². The predicted octanol–water partition coefficient (Wildman–Crippen LogP) is 2.50. The SMILES string of the molecule is CCc1cccc(OC[C@H](O)Cn2nc(C)cc2C)c1. The Balaban J connectivity index is 1.88. The topological polar surface area (TPSA) is 47.3 Å². The van der Waals surface area contributed by atoms with Crippen LogP contribution in [0.15, 0.2) is 30.3 Å². The number of aryl methyl sites for hydroxylation is 3. The number of nitrogens with zero attached hydrogens (tertiary/aromatic N) is 2. The molecule has 2 rings (SSSR count). The molecule has 20 heavy (non-hydrogen) atoms. The largest absolute Gasteiger partial charge is 0.491 e. The molecule has 4 heteroatoms. The predicted molar refractivity (Wildman–Crippen MR) is 79.0 cm³/mol. The van der Waals surface area contributed by atoms with Gasteiger partial charge in [0.1, 0.15) is 18.5 Å². The second-order valence-corrected chi connectivity index (χ2v) is 5.07. The third-order valence-corrected chi connectivity index (χ3v) is 3.24. The van der Waals surface area contributed by atoms with Crippen molar-refractivity contribution in [3.8, 4) is 5.75 Å². The average Bonchev–Trinajstić information content (AvgIpc) is 2.75. The number of rotatable bonds is 6. The summed E-state index contributed by atoms with van der Waals surface area (Å²) in [6.45, 7) is 6.76. The van der Waals surface area contributed by atoms with Crippen molar-refractivity contribution in [1.82, 2.24) is 9.78 Å². The minimum absolute atomic E-state index is 0.269. The molecule has 1 atom stereocenters. The van der Waals surface area contributed by atoms with Crippen LogP contribution in [0.25, 0.3) is 0 Å². The first-order valence-electron chi connectivity index (χ1n) is 6.99. The number of aliphatic hydroxyl groups excluding tert-OH is 1. The van der Waals surface area contributed by atoms with Crippen LogP contribution >= 0.6 is 0 Å². The van der Waals surface area contributed by atoms with Gasteiger partial charge in [-0.1, -0.05) is 19.1 Å². The highest BCUT2D eigenvalue weighted by atomic mass is 16.5. The molecular weight excluding hydrogens is 252 g/mol. The number of benzene rings is 1. The van der Waals surface area contributed by atoms with Gasteiger partial charge in [0, 0.05) is 5.69 Å². The lowest BCUT2D eigenvalue weighted by Gasteiger charge is -2.14. The van der Waals surface area contributed by atoms with Crippen LogP contribution < -0.4 is 4.74 Å². The van der Waals surface area contributed by atoms with Gasteiger partial charge in [-0.2, -0.15) is 5.10 Å². The van der Waals surface area contributed by atoms with Gasteiger partial charge in [0.2, 0.25) is 0 Å². The smallest absolute Gasteiger partial charge is 0.119 e. The van der Waals surface area contributed by atoms with Gasteiger partial charge in [-0.25, -0.2) is 0 Å². The molecule has 0 saturated heterocycles. The van der Waals surface area contributed by atoms with E-state index in [1.807, 2.05) is 42.8 Å². The lowest BCUT2D eigenvalue weighted by atomic mass is 10.2. The van der Waals surface area contributed by atoms with Crippen LogP contribution in [0.1, 0.15) is 23.9 Å². The quantitative estimate of drug-likeness (QED) is 0.880. The molecule has 1 aromatic heterocycles. The van der Waals surface area contributed by atoms with E-state index < -0.39 is 6.10 Å². The van der Waals surface area contributed by atoms with Gasteiger partial charge in [0.15, 0.2) is 0 Å². The minimum atomic E-state index is -0.571. The molecule has 0 amide bonds. The molecule has 0 aliphatic heterocycles. The summed E-state index contributed by atoms with van der Waals surface area (Å²) in [6, 6.07) is 9.96. The Kier molecular flexibility index (Phi) is 4.79. The van der Waals surface area contributed by atoms with Gasteiger partial charge in [-0.05, 0) is 44.0 Å². The second-order valence-electron chi connectivity index (χ2n) is 5.07. The summed E-state index contributed by atoms with van der Waals surface area (Å²) in [5, 5.41) is 14.4. The fourth-order valence-electron chi connectivity index (χ4n) is 2.16. The molecule has 0 fully saturated rings. The Morgan fingerprint density at radius 1 is 1.30 bits per heavy atom. The van der Waals surface area contributed by atoms with Crippen molar-refractivity contribution in [3.63, 3.8) is 0 Å². The summed E-state index contributed by atoms with van der Waals surface area (Å²) in [5.74, 6) is 0.803. The number of aliphatic hydroxyl groups is 1. The second kappa shape index (κ2) is 6.57. The molecule has 0 aliphatic carbocycles. The third-order valence-electron chi connectivity index (χ3n) is 3.24. The lowest BCUT2D eigenvalue weighted by Crippen LogP contribution is -2.24. The van der Waals surface area contributed by atoms with Gasteiger partial charge in [0.25, 0.3) is 0 Å². The van der Waals surface area contributed by atoms with Crippen molar-refractivity contribution >= 4 is 0 Å².